The van der Waals surface area contributed by atoms with E-state index in [0.717, 1.165) is 44.9 Å². The van der Waals surface area contributed by atoms with Crippen molar-refractivity contribution in [2.75, 3.05) is 19.0 Å². The Labute approximate surface area is 377 Å². The average Bonchev–Trinajstić information content (AvgIpc) is 3.24. The molecule has 0 saturated carbocycles. The van der Waals surface area contributed by atoms with E-state index >= 15 is 0 Å². The van der Waals surface area contributed by atoms with Crippen LogP contribution in [0.1, 0.15) is 219 Å². The number of esters is 2. The summed E-state index contributed by atoms with van der Waals surface area (Å²) in [5, 5.41) is 30.9. The smallest absolute Gasteiger partial charge is 0.306 e. The summed E-state index contributed by atoms with van der Waals surface area (Å²) in [5.41, 5.74) is 0. The second-order valence-corrected chi connectivity index (χ2v) is 19.0. The Morgan fingerprint density at radius 3 is 1.42 bits per heavy atom. The second kappa shape index (κ2) is 39.5. The van der Waals surface area contributed by atoms with E-state index in [1.54, 1.807) is 0 Å². The summed E-state index contributed by atoms with van der Waals surface area (Å²) in [6.45, 7) is 3.76. The first-order chi connectivity index (χ1) is 30.0. The van der Waals surface area contributed by atoms with Crippen molar-refractivity contribution >= 4 is 22.1 Å². The van der Waals surface area contributed by atoms with Crippen LogP contribution in [0.3, 0.4) is 0 Å². The molecule has 62 heavy (non-hydrogen) atoms. The molecule has 1 aliphatic heterocycles. The minimum Gasteiger partial charge on any atom is -0.462 e. The maximum Gasteiger partial charge on any atom is 0.306 e. The van der Waals surface area contributed by atoms with Crippen molar-refractivity contribution in [3.8, 4) is 0 Å². The molecule has 0 spiro atoms. The number of hydrogen-bond donors (Lipinski definition) is 4. The van der Waals surface area contributed by atoms with Crippen LogP contribution >= 0.6 is 0 Å². The zero-order valence-electron chi connectivity index (χ0n) is 39.0. The minimum atomic E-state index is -4.60. The van der Waals surface area contributed by atoms with E-state index in [9.17, 15) is 37.9 Å². The van der Waals surface area contributed by atoms with Crippen LogP contribution in [0.15, 0.2) is 24.3 Å². The molecule has 1 heterocycles. The van der Waals surface area contributed by atoms with E-state index in [4.69, 9.17) is 18.9 Å². The molecule has 0 aromatic heterocycles. The number of hydrogen-bond acceptors (Lipinski definition) is 11. The first kappa shape index (κ1) is 58.1. The Hall–Kier alpha value is -1.87. The van der Waals surface area contributed by atoms with Gasteiger partial charge in [0.05, 0.1) is 6.61 Å². The standard InChI is InChI=1S/C49H90O12S/c1-3-5-7-9-11-13-15-16-17-18-19-20-21-22-23-24-25-26-28-30-32-34-36-38-45(51)60-42(39-58-44(50)37-35-33-31-29-27-14-12-10-8-6-4-2)40-59-49-48(54)47(53)46(52)43(61-49)41-62(55,56)57/h15-16,18-19,42-43,46-49,52-54H,3-14,17,20-41H2,1-2H3,(H,55,56,57)/b16-15-,19-18-. The van der Waals surface area contributed by atoms with E-state index in [-0.39, 0.29) is 19.4 Å². The quantitative estimate of drug-likeness (QED) is 0.0197. The zero-order chi connectivity index (χ0) is 45.5. The third-order valence-corrected chi connectivity index (χ3v) is 12.3. The number of ether oxygens (including phenoxy) is 4. The molecule has 0 amide bonds. The van der Waals surface area contributed by atoms with Gasteiger partial charge in [-0.3, -0.25) is 14.1 Å². The highest BCUT2D eigenvalue weighted by molar-refractivity contribution is 7.85. The number of carbonyl (C=O) groups excluding carboxylic acids is 2. The summed E-state index contributed by atoms with van der Waals surface area (Å²) >= 11 is 0. The third kappa shape index (κ3) is 33.6. The Kier molecular flexibility index (Phi) is 37.0. The van der Waals surface area contributed by atoms with Gasteiger partial charge in [-0.1, -0.05) is 186 Å². The number of allylic oxidation sites excluding steroid dienone is 4. The summed E-state index contributed by atoms with van der Waals surface area (Å²) in [6, 6.07) is 0. The normalized spacial score (nSPS) is 20.0. The van der Waals surface area contributed by atoms with Gasteiger partial charge in [0.1, 0.15) is 36.8 Å². The molecule has 4 N–H and O–H groups in total. The van der Waals surface area contributed by atoms with Gasteiger partial charge in [0.2, 0.25) is 0 Å². The molecule has 1 fully saturated rings. The van der Waals surface area contributed by atoms with Crippen LogP contribution in [0, 0.1) is 0 Å². The van der Waals surface area contributed by atoms with Crippen molar-refractivity contribution in [2.24, 2.45) is 0 Å². The predicted octanol–water partition coefficient (Wildman–Crippen LogP) is 10.8. The molecule has 1 saturated heterocycles. The molecule has 0 aliphatic carbocycles. The predicted molar refractivity (Wildman–Crippen MR) is 247 cm³/mol. The molecule has 0 radical (unpaired) electrons. The zero-order valence-corrected chi connectivity index (χ0v) is 39.8. The van der Waals surface area contributed by atoms with Gasteiger partial charge in [-0.15, -0.1) is 0 Å². The number of carbonyl (C=O) groups is 2. The lowest BCUT2D eigenvalue weighted by Crippen LogP contribution is -2.60. The van der Waals surface area contributed by atoms with Crippen LogP contribution < -0.4 is 0 Å². The summed E-state index contributed by atoms with van der Waals surface area (Å²) in [5.74, 6) is -1.97. The summed E-state index contributed by atoms with van der Waals surface area (Å²) in [6.07, 6.45) is 35.1. The first-order valence-corrected chi connectivity index (χ1v) is 26.5. The van der Waals surface area contributed by atoms with Gasteiger partial charge in [0.25, 0.3) is 10.1 Å². The fraction of sp³-hybridized carbons (Fsp3) is 0.878. The summed E-state index contributed by atoms with van der Waals surface area (Å²) in [4.78, 5) is 25.4. The van der Waals surface area contributed by atoms with Gasteiger partial charge in [0, 0.05) is 12.8 Å². The highest BCUT2D eigenvalue weighted by Crippen LogP contribution is 2.24. The van der Waals surface area contributed by atoms with Crippen molar-refractivity contribution in [3.05, 3.63) is 24.3 Å². The van der Waals surface area contributed by atoms with Crippen LogP contribution in [-0.4, -0.2) is 96.0 Å². The van der Waals surface area contributed by atoms with Crippen LogP contribution in [-0.2, 0) is 38.7 Å². The fourth-order valence-electron chi connectivity index (χ4n) is 7.65. The SMILES string of the molecule is CCCCCCC/C=C\C/C=C\CCCCCCCCCCCCCC(=O)OC(COC(=O)CCCCCCCCCCCCC)COC1OC(CS(=O)(=O)O)C(O)C(O)C1O. The summed E-state index contributed by atoms with van der Waals surface area (Å²) in [7, 11) is -4.60. The van der Waals surface area contributed by atoms with Crippen molar-refractivity contribution < 1.29 is 56.8 Å². The minimum absolute atomic E-state index is 0.165. The van der Waals surface area contributed by atoms with Crippen molar-refractivity contribution in [2.45, 2.75) is 256 Å². The highest BCUT2D eigenvalue weighted by atomic mass is 32.2. The van der Waals surface area contributed by atoms with Crippen molar-refractivity contribution in [3.63, 3.8) is 0 Å². The Balaban J connectivity index is 2.34. The monoisotopic (exact) mass is 903 g/mol. The number of unbranched alkanes of at least 4 members (excludes halogenated alkanes) is 26. The number of aliphatic hydroxyl groups excluding tert-OH is 3. The molecule has 0 aromatic rings. The Morgan fingerprint density at radius 2 is 0.968 bits per heavy atom. The van der Waals surface area contributed by atoms with Gasteiger partial charge in [0.15, 0.2) is 12.4 Å². The lowest BCUT2D eigenvalue weighted by atomic mass is 10.00. The molecular formula is C49H90O12S. The second-order valence-electron chi connectivity index (χ2n) is 17.5. The molecule has 13 heteroatoms. The Bertz CT molecular complexity index is 1240. The van der Waals surface area contributed by atoms with Crippen molar-refractivity contribution in [1.29, 1.82) is 0 Å². The highest BCUT2D eigenvalue weighted by Gasteiger charge is 2.46. The lowest BCUT2D eigenvalue weighted by Gasteiger charge is -2.40. The molecule has 6 unspecified atom stereocenters. The van der Waals surface area contributed by atoms with Gasteiger partial charge < -0.3 is 34.3 Å². The van der Waals surface area contributed by atoms with E-state index in [2.05, 4.69) is 38.2 Å². The summed E-state index contributed by atoms with van der Waals surface area (Å²) < 4.78 is 54.1. The van der Waals surface area contributed by atoms with E-state index in [1.807, 2.05) is 0 Å². The van der Waals surface area contributed by atoms with Crippen molar-refractivity contribution in [1.82, 2.24) is 0 Å². The molecule has 0 bridgehead atoms. The van der Waals surface area contributed by atoms with Gasteiger partial charge >= 0.3 is 11.9 Å². The molecule has 1 aliphatic rings. The number of rotatable bonds is 42. The number of aliphatic hydroxyl groups is 3. The van der Waals surface area contributed by atoms with Crippen LogP contribution in [0.2, 0.25) is 0 Å². The fourth-order valence-corrected chi connectivity index (χ4v) is 8.34. The molecule has 6 atom stereocenters. The van der Waals surface area contributed by atoms with E-state index < -0.39 is 71.2 Å². The molecule has 0 aromatic carbocycles. The van der Waals surface area contributed by atoms with E-state index in [0.29, 0.717) is 12.8 Å². The average molecular weight is 903 g/mol. The molecule has 364 valence electrons. The Morgan fingerprint density at radius 1 is 0.548 bits per heavy atom. The van der Waals surface area contributed by atoms with Gasteiger partial charge in [-0.25, -0.2) is 0 Å². The lowest BCUT2D eigenvalue weighted by molar-refractivity contribution is -0.297. The maximum absolute atomic E-state index is 12.8. The first-order valence-electron chi connectivity index (χ1n) is 24.9. The van der Waals surface area contributed by atoms with E-state index in [1.165, 1.54) is 135 Å². The van der Waals surface area contributed by atoms with Crippen LogP contribution in [0.5, 0.6) is 0 Å². The molecule has 12 nitrogen and oxygen atoms in total. The molecule has 1 rings (SSSR count). The topological polar surface area (TPSA) is 186 Å². The maximum atomic E-state index is 12.8. The van der Waals surface area contributed by atoms with Crippen LogP contribution in [0.4, 0.5) is 0 Å². The van der Waals surface area contributed by atoms with Gasteiger partial charge in [-0.05, 0) is 44.9 Å². The van der Waals surface area contributed by atoms with Gasteiger partial charge in [-0.2, -0.15) is 8.42 Å². The largest absolute Gasteiger partial charge is 0.462 e. The van der Waals surface area contributed by atoms with Crippen LogP contribution in [0.25, 0.3) is 0 Å². The molecular weight excluding hydrogens is 813 g/mol. The third-order valence-electron chi connectivity index (χ3n) is 11.5.